The number of hydrogen-bond donors (Lipinski definition) is 1. The van der Waals surface area contributed by atoms with Gasteiger partial charge in [-0.2, -0.15) is 4.98 Å². The first-order valence-electron chi connectivity index (χ1n) is 6.55. The Morgan fingerprint density at radius 1 is 1.42 bits per heavy atom. The molecule has 0 radical (unpaired) electrons. The van der Waals surface area contributed by atoms with Gasteiger partial charge in [-0.3, -0.25) is 0 Å². The summed E-state index contributed by atoms with van der Waals surface area (Å²) in [4.78, 5) is 6.45. The summed E-state index contributed by atoms with van der Waals surface area (Å²) in [7, 11) is 0. The second-order valence-corrected chi connectivity index (χ2v) is 4.87. The number of aryl methyl sites for hydroxylation is 1. The summed E-state index contributed by atoms with van der Waals surface area (Å²) in [5.74, 6) is 1.27. The molecule has 0 saturated heterocycles. The van der Waals surface area contributed by atoms with Crippen LogP contribution < -0.4 is 4.90 Å². The molecule has 0 fully saturated rings. The van der Waals surface area contributed by atoms with E-state index >= 15 is 0 Å². The molecule has 1 aliphatic rings. The van der Waals surface area contributed by atoms with Gasteiger partial charge in [0.15, 0.2) is 5.82 Å². The number of rotatable bonds is 2. The van der Waals surface area contributed by atoms with Gasteiger partial charge >= 0.3 is 0 Å². The Kier molecular flexibility index (Phi) is 3.21. The summed E-state index contributed by atoms with van der Waals surface area (Å²) in [5, 5.41) is 14.1. The van der Waals surface area contributed by atoms with E-state index in [1.807, 2.05) is 24.3 Å². The number of benzene rings is 1. The summed E-state index contributed by atoms with van der Waals surface area (Å²) < 4.78 is 5.01. The minimum absolute atomic E-state index is 0.381. The summed E-state index contributed by atoms with van der Waals surface area (Å²) in [6.45, 7) is 3.29. The van der Waals surface area contributed by atoms with Gasteiger partial charge in [-0.25, -0.2) is 0 Å². The van der Waals surface area contributed by atoms with Crippen LogP contribution in [0, 0.1) is 6.92 Å². The molecule has 0 aliphatic carbocycles. The lowest BCUT2D eigenvalue weighted by Crippen LogP contribution is -2.24. The first kappa shape index (κ1) is 12.2. The molecule has 19 heavy (non-hydrogen) atoms. The highest BCUT2D eigenvalue weighted by Gasteiger charge is 2.21. The quantitative estimate of drug-likeness (QED) is 0.896. The molecule has 1 aromatic heterocycles. The zero-order valence-electron chi connectivity index (χ0n) is 10.9. The molecular weight excluding hydrogens is 242 g/mol. The number of hydrogen-bond acceptors (Lipinski definition) is 5. The Bertz CT molecular complexity index is 567. The number of anilines is 1. The number of nitrogens with zero attached hydrogens (tertiary/aromatic N) is 3. The SMILES string of the molecule is Cc1nc(CN2CCCC(O)c3ccccc32)no1. The van der Waals surface area contributed by atoms with Gasteiger partial charge < -0.3 is 14.5 Å². The van der Waals surface area contributed by atoms with E-state index in [-0.39, 0.29) is 6.10 Å². The Morgan fingerprint density at radius 2 is 2.26 bits per heavy atom. The number of aliphatic hydroxyl groups excluding tert-OH is 1. The van der Waals surface area contributed by atoms with E-state index in [2.05, 4.69) is 15.0 Å². The standard InChI is InChI=1S/C14H17N3O2/c1-10-15-14(16-19-10)9-17-8-4-7-13(18)11-5-2-3-6-12(11)17/h2-3,5-6,13,18H,4,7-9H2,1H3. The molecule has 2 heterocycles. The van der Waals surface area contributed by atoms with Crippen LogP contribution in [0.2, 0.25) is 0 Å². The molecule has 0 saturated carbocycles. The van der Waals surface area contributed by atoms with Crippen molar-refractivity contribution in [3.05, 3.63) is 41.5 Å². The topological polar surface area (TPSA) is 62.4 Å². The van der Waals surface area contributed by atoms with Crippen LogP contribution in [0.25, 0.3) is 0 Å². The predicted octanol–water partition coefficient (Wildman–Crippen LogP) is 2.21. The zero-order chi connectivity index (χ0) is 13.2. The van der Waals surface area contributed by atoms with Gasteiger partial charge in [-0.05, 0) is 18.9 Å². The highest BCUT2D eigenvalue weighted by molar-refractivity contribution is 5.55. The van der Waals surface area contributed by atoms with Crippen molar-refractivity contribution in [2.24, 2.45) is 0 Å². The molecule has 2 aromatic rings. The Morgan fingerprint density at radius 3 is 3.05 bits per heavy atom. The smallest absolute Gasteiger partial charge is 0.223 e. The summed E-state index contributed by atoms with van der Waals surface area (Å²) in [6.07, 6.45) is 1.36. The molecule has 1 N–H and O–H groups in total. The van der Waals surface area contributed by atoms with Crippen molar-refractivity contribution in [1.29, 1.82) is 0 Å². The van der Waals surface area contributed by atoms with Gasteiger partial charge in [0.05, 0.1) is 12.6 Å². The Hall–Kier alpha value is -1.88. The maximum absolute atomic E-state index is 10.2. The van der Waals surface area contributed by atoms with E-state index in [4.69, 9.17) is 4.52 Å². The monoisotopic (exact) mass is 259 g/mol. The van der Waals surface area contributed by atoms with E-state index < -0.39 is 0 Å². The largest absolute Gasteiger partial charge is 0.388 e. The third-order valence-corrected chi connectivity index (χ3v) is 3.44. The van der Waals surface area contributed by atoms with E-state index in [0.29, 0.717) is 18.3 Å². The van der Waals surface area contributed by atoms with Gasteiger partial charge in [-0.15, -0.1) is 0 Å². The van der Waals surface area contributed by atoms with Gasteiger partial charge in [0, 0.05) is 24.7 Å². The van der Waals surface area contributed by atoms with Crippen LogP contribution in [-0.4, -0.2) is 21.8 Å². The first-order chi connectivity index (χ1) is 9.24. The van der Waals surface area contributed by atoms with Crippen molar-refractivity contribution < 1.29 is 9.63 Å². The lowest BCUT2D eigenvalue weighted by Gasteiger charge is -2.23. The molecule has 5 nitrogen and oxygen atoms in total. The van der Waals surface area contributed by atoms with Gasteiger partial charge in [-0.1, -0.05) is 23.4 Å². The number of aromatic nitrogens is 2. The fraction of sp³-hybridized carbons (Fsp3) is 0.429. The van der Waals surface area contributed by atoms with E-state index in [9.17, 15) is 5.11 Å². The maximum atomic E-state index is 10.2. The fourth-order valence-corrected chi connectivity index (χ4v) is 2.55. The number of para-hydroxylation sites is 1. The van der Waals surface area contributed by atoms with Crippen molar-refractivity contribution >= 4 is 5.69 Å². The highest BCUT2D eigenvalue weighted by atomic mass is 16.5. The number of fused-ring (bicyclic) bond motifs is 1. The maximum Gasteiger partial charge on any atom is 0.223 e. The second kappa shape index (κ2) is 5.01. The molecule has 3 rings (SSSR count). The normalized spacial score (nSPS) is 19.1. The summed E-state index contributed by atoms with van der Waals surface area (Å²) in [6, 6.07) is 7.98. The molecule has 100 valence electrons. The van der Waals surface area contributed by atoms with E-state index in [1.165, 1.54) is 0 Å². The lowest BCUT2D eigenvalue weighted by molar-refractivity contribution is 0.168. The molecule has 0 spiro atoms. The van der Waals surface area contributed by atoms with E-state index in [1.54, 1.807) is 6.92 Å². The molecule has 1 atom stereocenters. The molecule has 1 unspecified atom stereocenters. The van der Waals surface area contributed by atoms with Crippen LogP contribution in [0.5, 0.6) is 0 Å². The number of aliphatic hydroxyl groups is 1. The van der Waals surface area contributed by atoms with Crippen molar-refractivity contribution in [1.82, 2.24) is 10.1 Å². The van der Waals surface area contributed by atoms with Gasteiger partial charge in [0.25, 0.3) is 0 Å². The minimum atomic E-state index is -0.381. The average Bonchev–Trinajstić information content (AvgIpc) is 2.75. The van der Waals surface area contributed by atoms with Crippen molar-refractivity contribution in [3.63, 3.8) is 0 Å². The van der Waals surface area contributed by atoms with Crippen LogP contribution in [-0.2, 0) is 6.54 Å². The van der Waals surface area contributed by atoms with Crippen LogP contribution in [0.3, 0.4) is 0 Å². The van der Waals surface area contributed by atoms with Gasteiger partial charge in [0.2, 0.25) is 5.89 Å². The van der Waals surface area contributed by atoms with Gasteiger partial charge in [0.1, 0.15) is 0 Å². The van der Waals surface area contributed by atoms with Crippen LogP contribution >= 0.6 is 0 Å². The first-order valence-corrected chi connectivity index (χ1v) is 6.55. The molecule has 1 aromatic carbocycles. The third-order valence-electron chi connectivity index (χ3n) is 3.44. The second-order valence-electron chi connectivity index (χ2n) is 4.87. The Labute approximate surface area is 111 Å². The van der Waals surface area contributed by atoms with Crippen LogP contribution in [0.1, 0.15) is 36.2 Å². The van der Waals surface area contributed by atoms with Crippen molar-refractivity contribution in [3.8, 4) is 0 Å². The minimum Gasteiger partial charge on any atom is -0.388 e. The molecule has 5 heteroatoms. The fourth-order valence-electron chi connectivity index (χ4n) is 2.55. The molecule has 0 amide bonds. The lowest BCUT2D eigenvalue weighted by atomic mass is 10.0. The zero-order valence-corrected chi connectivity index (χ0v) is 10.9. The summed E-state index contributed by atoms with van der Waals surface area (Å²) >= 11 is 0. The van der Waals surface area contributed by atoms with E-state index in [0.717, 1.165) is 30.6 Å². The average molecular weight is 259 g/mol. The Balaban J connectivity index is 1.91. The highest BCUT2D eigenvalue weighted by Crippen LogP contribution is 2.33. The van der Waals surface area contributed by atoms with Crippen LogP contribution in [0.4, 0.5) is 5.69 Å². The molecule has 0 bridgehead atoms. The van der Waals surface area contributed by atoms with Crippen molar-refractivity contribution in [2.45, 2.75) is 32.4 Å². The summed E-state index contributed by atoms with van der Waals surface area (Å²) in [5.41, 5.74) is 2.05. The third kappa shape index (κ3) is 2.46. The van der Waals surface area contributed by atoms with Crippen molar-refractivity contribution in [2.75, 3.05) is 11.4 Å². The molecular formula is C14H17N3O2. The van der Waals surface area contributed by atoms with Crippen LogP contribution in [0.15, 0.2) is 28.8 Å². The molecule has 1 aliphatic heterocycles. The predicted molar refractivity (Wildman–Crippen MR) is 70.7 cm³/mol.